The van der Waals surface area contributed by atoms with Crippen molar-refractivity contribution in [2.24, 2.45) is 5.11 Å². The van der Waals surface area contributed by atoms with Crippen LogP contribution in [0, 0.1) is 34.3 Å². The van der Waals surface area contributed by atoms with Gasteiger partial charge in [-0.3, -0.25) is 0 Å². The fourth-order valence-corrected chi connectivity index (χ4v) is 8.90. The Morgan fingerprint density at radius 2 is 1.54 bits per heavy atom. The van der Waals surface area contributed by atoms with E-state index in [4.69, 9.17) is 25.1 Å². The number of nitrogens with one attached hydrogen (secondary N) is 1. The molecule has 11 nitrogen and oxygen atoms in total. The fraction of sp³-hybridized carbons (Fsp3) is 0.0909. The summed E-state index contributed by atoms with van der Waals surface area (Å²) in [5.41, 5.74) is 7.84. The molecule has 2 heterocycles. The first-order valence-electron chi connectivity index (χ1n) is 10.5. The minimum atomic E-state index is -4.54. The molecule has 0 aliphatic rings. The van der Waals surface area contributed by atoms with Crippen LogP contribution in [-0.2, 0) is 21.1 Å². The second kappa shape index (κ2) is 11.4. The summed E-state index contributed by atoms with van der Waals surface area (Å²) in [6.45, 7) is 0.118. The van der Waals surface area contributed by atoms with Crippen molar-refractivity contribution in [3.63, 3.8) is 0 Å². The molecular formula is C22H13F2N6O5PS3. The Labute approximate surface area is 227 Å². The van der Waals surface area contributed by atoms with Crippen LogP contribution in [0.3, 0.4) is 0 Å². The van der Waals surface area contributed by atoms with E-state index < -0.39 is 35.5 Å². The highest BCUT2D eigenvalue weighted by Gasteiger charge is 2.32. The largest absolute Gasteiger partial charge is 0.445 e. The SMILES string of the molecule is N#Cc1ccc(OP(=O)(CNS(=O)(=O)c2cc3sc(CN=[N+]=[N-])cc3s2)Oc2ccc(C#N)c(F)c2)cc1F. The Hall–Kier alpha value is -4.01. The average molecular weight is 607 g/mol. The minimum absolute atomic E-state index is 0.112. The van der Waals surface area contributed by atoms with Crippen molar-refractivity contribution in [2.45, 2.75) is 10.8 Å². The van der Waals surface area contributed by atoms with Crippen LogP contribution < -0.4 is 13.8 Å². The molecule has 0 radical (unpaired) electrons. The average Bonchev–Trinajstić information content (AvgIpc) is 3.46. The van der Waals surface area contributed by atoms with E-state index in [1.54, 1.807) is 18.2 Å². The summed E-state index contributed by atoms with van der Waals surface area (Å²) >= 11 is 2.16. The highest BCUT2D eigenvalue weighted by molar-refractivity contribution is 7.92. The van der Waals surface area contributed by atoms with Gasteiger partial charge in [0.2, 0.25) is 0 Å². The van der Waals surface area contributed by atoms with E-state index in [-0.39, 0.29) is 33.4 Å². The van der Waals surface area contributed by atoms with Crippen molar-refractivity contribution in [2.75, 3.05) is 6.29 Å². The van der Waals surface area contributed by atoms with Gasteiger partial charge in [-0.25, -0.2) is 21.8 Å². The molecule has 0 spiro atoms. The molecule has 0 unspecified atom stereocenters. The third-order valence-corrected chi connectivity index (χ3v) is 10.7. The van der Waals surface area contributed by atoms with E-state index in [2.05, 4.69) is 14.7 Å². The molecule has 4 aromatic rings. The molecule has 0 aliphatic heterocycles. The van der Waals surface area contributed by atoms with E-state index in [9.17, 15) is 21.8 Å². The van der Waals surface area contributed by atoms with Gasteiger partial charge in [-0.2, -0.15) is 15.2 Å². The van der Waals surface area contributed by atoms with E-state index >= 15 is 0 Å². The second-order valence-electron chi connectivity index (χ2n) is 7.50. The summed E-state index contributed by atoms with van der Waals surface area (Å²) < 4.78 is 81.8. The van der Waals surface area contributed by atoms with E-state index in [1.165, 1.54) is 17.4 Å². The number of halogens is 2. The molecule has 4 rings (SSSR count). The summed E-state index contributed by atoms with van der Waals surface area (Å²) in [4.78, 5) is 3.42. The van der Waals surface area contributed by atoms with Gasteiger partial charge in [0.1, 0.15) is 45.8 Å². The number of azide groups is 1. The lowest BCUT2D eigenvalue weighted by Gasteiger charge is -2.20. The van der Waals surface area contributed by atoms with E-state index in [0.717, 1.165) is 52.6 Å². The molecule has 17 heteroatoms. The van der Waals surface area contributed by atoms with Gasteiger partial charge in [-0.1, -0.05) is 5.11 Å². The molecule has 0 saturated heterocycles. The molecule has 1 N–H and O–H groups in total. The molecule has 0 bridgehead atoms. The van der Waals surface area contributed by atoms with Crippen LogP contribution >= 0.6 is 30.3 Å². The van der Waals surface area contributed by atoms with Crippen LogP contribution in [0.5, 0.6) is 11.5 Å². The third-order valence-electron chi connectivity index (χ3n) is 4.85. The van der Waals surface area contributed by atoms with Gasteiger partial charge in [0.15, 0.2) is 0 Å². The number of sulfonamides is 1. The number of thiophene rings is 2. The Morgan fingerprint density at radius 1 is 0.974 bits per heavy atom. The molecular weight excluding hydrogens is 593 g/mol. The lowest BCUT2D eigenvalue weighted by atomic mass is 10.2. The standard InChI is InChI=1S/C22H13F2N6O5PS3/c23-18-5-15(3-1-13(18)9-25)34-36(31,35-16-4-2-14(10-26)19(24)6-16)12-29-39(32,33)22-8-21-20(38-22)7-17(37-21)11-28-30-27/h1-8,29H,11-12H2. The molecule has 39 heavy (non-hydrogen) atoms. The topological polar surface area (TPSA) is 178 Å². The van der Waals surface area contributed by atoms with Crippen molar-refractivity contribution < 1.29 is 30.8 Å². The zero-order valence-electron chi connectivity index (χ0n) is 19.2. The Balaban J connectivity index is 1.61. The first-order valence-corrected chi connectivity index (χ1v) is 15.3. The van der Waals surface area contributed by atoms with Crippen molar-refractivity contribution >= 4 is 49.7 Å². The third kappa shape index (κ3) is 6.53. The molecule has 0 saturated carbocycles. The van der Waals surface area contributed by atoms with Crippen molar-refractivity contribution in [3.05, 3.63) is 86.6 Å². The summed E-state index contributed by atoms with van der Waals surface area (Å²) in [6, 6.07) is 12.2. The Kier molecular flexibility index (Phi) is 8.18. The van der Waals surface area contributed by atoms with Crippen LogP contribution in [0.15, 0.2) is 57.9 Å². The van der Waals surface area contributed by atoms with Gasteiger partial charge in [-0.05, 0) is 41.9 Å². The van der Waals surface area contributed by atoms with Gasteiger partial charge >= 0.3 is 7.60 Å². The van der Waals surface area contributed by atoms with Crippen LogP contribution in [0.1, 0.15) is 16.0 Å². The Bertz CT molecular complexity index is 1770. The molecule has 0 amide bonds. The number of nitrogens with zero attached hydrogens (tertiary/aromatic N) is 5. The summed E-state index contributed by atoms with van der Waals surface area (Å²) in [6.07, 6.45) is -0.938. The zero-order valence-corrected chi connectivity index (χ0v) is 22.6. The first-order chi connectivity index (χ1) is 18.6. The highest BCUT2D eigenvalue weighted by Crippen LogP contribution is 2.48. The van der Waals surface area contributed by atoms with E-state index in [0.29, 0.717) is 9.40 Å². The monoisotopic (exact) mass is 606 g/mol. The lowest BCUT2D eigenvalue weighted by molar-refractivity contribution is 0.382. The predicted molar refractivity (Wildman–Crippen MR) is 139 cm³/mol. The molecule has 198 valence electrons. The first kappa shape index (κ1) is 28.0. The van der Waals surface area contributed by atoms with Crippen LogP contribution in [0.25, 0.3) is 19.8 Å². The molecule has 0 atom stereocenters. The zero-order chi connectivity index (χ0) is 28.2. The van der Waals surface area contributed by atoms with Crippen LogP contribution in [-0.4, -0.2) is 14.7 Å². The maximum Gasteiger partial charge on any atom is 0.445 e. The number of benzene rings is 2. The number of nitriles is 2. The summed E-state index contributed by atoms with van der Waals surface area (Å²) in [5, 5.41) is 21.3. The fourth-order valence-electron chi connectivity index (χ4n) is 3.10. The van der Waals surface area contributed by atoms with Crippen molar-refractivity contribution in [1.82, 2.24) is 4.72 Å². The van der Waals surface area contributed by atoms with Gasteiger partial charge < -0.3 is 9.05 Å². The van der Waals surface area contributed by atoms with Crippen LogP contribution in [0.4, 0.5) is 8.78 Å². The maximum atomic E-state index is 14.1. The number of hydrogen-bond donors (Lipinski definition) is 1. The minimum Gasteiger partial charge on any atom is -0.415 e. The second-order valence-corrected chi connectivity index (χ2v) is 13.7. The number of rotatable bonds is 10. The molecule has 0 fully saturated rings. The molecule has 0 aliphatic carbocycles. The normalized spacial score (nSPS) is 11.4. The molecule has 2 aromatic carbocycles. The van der Waals surface area contributed by atoms with Crippen LogP contribution in [0.2, 0.25) is 0 Å². The quantitative estimate of drug-likeness (QED) is 0.0941. The van der Waals surface area contributed by atoms with E-state index in [1.807, 2.05) is 0 Å². The van der Waals surface area contributed by atoms with Gasteiger partial charge in [0.25, 0.3) is 10.0 Å². The maximum absolute atomic E-state index is 14.1. The highest BCUT2D eigenvalue weighted by atomic mass is 32.2. The summed E-state index contributed by atoms with van der Waals surface area (Å²) in [5.74, 6) is -2.64. The smallest absolute Gasteiger partial charge is 0.415 e. The number of hydrogen-bond acceptors (Lipinski definition) is 10. The number of fused-ring (bicyclic) bond motifs is 1. The van der Waals surface area contributed by atoms with Gasteiger partial charge in [0.05, 0.1) is 17.7 Å². The Morgan fingerprint density at radius 3 is 2.03 bits per heavy atom. The summed E-state index contributed by atoms with van der Waals surface area (Å²) in [7, 11) is -8.79. The van der Waals surface area contributed by atoms with Crippen molar-refractivity contribution in [1.29, 1.82) is 10.5 Å². The lowest BCUT2D eigenvalue weighted by Crippen LogP contribution is -2.26. The van der Waals surface area contributed by atoms with Gasteiger partial charge in [-0.15, -0.1) is 22.7 Å². The molecule has 2 aromatic heterocycles. The van der Waals surface area contributed by atoms with Gasteiger partial charge in [0, 0.05) is 31.3 Å². The predicted octanol–water partition coefficient (Wildman–Crippen LogP) is 6.38. The van der Waals surface area contributed by atoms with Crippen molar-refractivity contribution in [3.8, 4) is 23.6 Å².